The van der Waals surface area contributed by atoms with E-state index in [1.54, 1.807) is 19.1 Å². The van der Waals surface area contributed by atoms with Crippen molar-refractivity contribution < 1.29 is 17.9 Å². The highest BCUT2D eigenvalue weighted by atomic mass is 19.4. The van der Waals surface area contributed by atoms with Crippen LogP contribution in [0.3, 0.4) is 0 Å². The number of nitrogens with two attached hydrogens (primary N) is 1. The molecule has 0 fully saturated rings. The molecule has 0 spiro atoms. The second-order valence-corrected chi connectivity index (χ2v) is 3.95. The van der Waals surface area contributed by atoms with Crippen molar-refractivity contribution in [3.05, 3.63) is 47.7 Å². The van der Waals surface area contributed by atoms with Gasteiger partial charge in [-0.3, -0.25) is 0 Å². The molecule has 1 aromatic carbocycles. The van der Waals surface area contributed by atoms with Gasteiger partial charge in [0.2, 0.25) is 5.88 Å². The lowest BCUT2D eigenvalue weighted by Gasteiger charge is -2.09. The third kappa shape index (κ3) is 3.15. The summed E-state index contributed by atoms with van der Waals surface area (Å²) in [4.78, 5) is 4.07. The molecule has 0 bridgehead atoms. The largest absolute Gasteiger partial charge is 0.439 e. The molecule has 0 saturated heterocycles. The fraction of sp³-hybridized carbons (Fsp3) is 0.154. The van der Waals surface area contributed by atoms with E-state index in [2.05, 4.69) is 4.98 Å². The van der Waals surface area contributed by atoms with Crippen molar-refractivity contribution in [2.24, 2.45) is 0 Å². The second kappa shape index (κ2) is 4.79. The standard InChI is InChI=1S/C13H11F3N2O/c1-8-11(17)6-7-12(18-8)19-10-4-2-9(3-5-10)13(14,15)16/h2-7H,17H2,1H3. The van der Waals surface area contributed by atoms with Crippen LogP contribution in [0.5, 0.6) is 11.6 Å². The lowest BCUT2D eigenvalue weighted by molar-refractivity contribution is -0.137. The number of halogens is 3. The van der Waals surface area contributed by atoms with Gasteiger partial charge < -0.3 is 10.5 Å². The Morgan fingerprint density at radius 2 is 1.68 bits per heavy atom. The first-order valence-corrected chi connectivity index (χ1v) is 5.44. The Labute approximate surface area is 107 Å². The van der Waals surface area contributed by atoms with E-state index < -0.39 is 11.7 Å². The van der Waals surface area contributed by atoms with E-state index in [-0.39, 0.29) is 11.6 Å². The Bertz CT molecular complexity index is 579. The van der Waals surface area contributed by atoms with Crippen LogP contribution in [0.25, 0.3) is 0 Å². The molecule has 2 aromatic rings. The number of pyridine rings is 1. The molecule has 2 rings (SSSR count). The van der Waals surface area contributed by atoms with Crippen molar-refractivity contribution in [1.82, 2.24) is 4.98 Å². The predicted molar refractivity (Wildman–Crippen MR) is 64.9 cm³/mol. The predicted octanol–water partition coefficient (Wildman–Crippen LogP) is 3.78. The Kier molecular flexibility index (Phi) is 3.33. The number of rotatable bonds is 2. The van der Waals surface area contributed by atoms with Crippen LogP contribution in [0.15, 0.2) is 36.4 Å². The van der Waals surface area contributed by atoms with Crippen LogP contribution in [0.2, 0.25) is 0 Å². The molecule has 0 unspecified atom stereocenters. The number of benzene rings is 1. The fourth-order valence-corrected chi connectivity index (χ4v) is 1.44. The van der Waals surface area contributed by atoms with Gasteiger partial charge >= 0.3 is 6.18 Å². The maximum Gasteiger partial charge on any atom is 0.416 e. The van der Waals surface area contributed by atoms with Gasteiger partial charge in [-0.05, 0) is 37.3 Å². The highest BCUT2D eigenvalue weighted by Gasteiger charge is 2.30. The van der Waals surface area contributed by atoms with Crippen LogP contribution in [0.1, 0.15) is 11.3 Å². The number of aromatic nitrogens is 1. The molecule has 0 aliphatic heterocycles. The number of nitrogen functional groups attached to an aromatic ring is 1. The summed E-state index contributed by atoms with van der Waals surface area (Å²) in [7, 11) is 0. The topological polar surface area (TPSA) is 48.1 Å². The summed E-state index contributed by atoms with van der Waals surface area (Å²) in [6.45, 7) is 1.72. The summed E-state index contributed by atoms with van der Waals surface area (Å²) in [5.74, 6) is 0.566. The van der Waals surface area contributed by atoms with Gasteiger partial charge in [-0.1, -0.05) is 0 Å². The number of aryl methyl sites for hydroxylation is 1. The summed E-state index contributed by atoms with van der Waals surface area (Å²) >= 11 is 0. The Hall–Kier alpha value is -2.24. The average Bonchev–Trinajstić information content (AvgIpc) is 2.33. The van der Waals surface area contributed by atoms with E-state index >= 15 is 0 Å². The normalized spacial score (nSPS) is 11.4. The average molecular weight is 268 g/mol. The molecule has 0 radical (unpaired) electrons. The molecular formula is C13H11F3N2O. The van der Waals surface area contributed by atoms with E-state index in [0.717, 1.165) is 12.1 Å². The molecule has 0 aliphatic carbocycles. The zero-order valence-electron chi connectivity index (χ0n) is 10.0. The van der Waals surface area contributed by atoms with Gasteiger partial charge in [0.05, 0.1) is 16.9 Å². The van der Waals surface area contributed by atoms with Crippen molar-refractivity contribution in [3.8, 4) is 11.6 Å². The Morgan fingerprint density at radius 3 is 2.21 bits per heavy atom. The van der Waals surface area contributed by atoms with Crippen molar-refractivity contribution >= 4 is 5.69 Å². The van der Waals surface area contributed by atoms with Gasteiger partial charge in [-0.2, -0.15) is 13.2 Å². The zero-order chi connectivity index (χ0) is 14.0. The van der Waals surface area contributed by atoms with Crippen molar-refractivity contribution in [3.63, 3.8) is 0 Å². The van der Waals surface area contributed by atoms with Crippen LogP contribution in [-0.2, 0) is 6.18 Å². The Morgan fingerprint density at radius 1 is 1.05 bits per heavy atom. The quantitative estimate of drug-likeness (QED) is 0.901. The van der Waals surface area contributed by atoms with Gasteiger partial charge in [0.1, 0.15) is 5.75 Å². The molecule has 100 valence electrons. The zero-order valence-corrected chi connectivity index (χ0v) is 10.0. The highest BCUT2D eigenvalue weighted by molar-refractivity contribution is 5.44. The lowest BCUT2D eigenvalue weighted by Crippen LogP contribution is -2.04. The summed E-state index contributed by atoms with van der Waals surface area (Å²) in [6.07, 6.45) is -4.35. The van der Waals surface area contributed by atoms with Crippen molar-refractivity contribution in [2.75, 3.05) is 5.73 Å². The van der Waals surface area contributed by atoms with E-state index in [1.807, 2.05) is 0 Å². The molecule has 2 N–H and O–H groups in total. The number of alkyl halides is 3. The summed E-state index contributed by atoms with van der Waals surface area (Å²) in [5.41, 5.74) is 6.01. The maximum absolute atomic E-state index is 12.4. The minimum Gasteiger partial charge on any atom is -0.439 e. The smallest absolute Gasteiger partial charge is 0.416 e. The first kappa shape index (κ1) is 13.2. The van der Waals surface area contributed by atoms with Gasteiger partial charge in [0.25, 0.3) is 0 Å². The summed E-state index contributed by atoms with van der Waals surface area (Å²) in [5, 5.41) is 0. The number of hydrogen-bond acceptors (Lipinski definition) is 3. The maximum atomic E-state index is 12.4. The second-order valence-electron chi connectivity index (χ2n) is 3.95. The van der Waals surface area contributed by atoms with E-state index in [1.165, 1.54) is 12.1 Å². The van der Waals surface area contributed by atoms with E-state index in [4.69, 9.17) is 10.5 Å². The highest BCUT2D eigenvalue weighted by Crippen LogP contribution is 2.31. The lowest BCUT2D eigenvalue weighted by atomic mass is 10.2. The summed E-state index contributed by atoms with van der Waals surface area (Å²) in [6, 6.07) is 7.59. The van der Waals surface area contributed by atoms with Crippen LogP contribution < -0.4 is 10.5 Å². The van der Waals surface area contributed by atoms with Crippen LogP contribution in [0.4, 0.5) is 18.9 Å². The van der Waals surface area contributed by atoms with Gasteiger partial charge in [0, 0.05) is 6.07 Å². The SMILES string of the molecule is Cc1nc(Oc2ccc(C(F)(F)F)cc2)ccc1N. The number of hydrogen-bond donors (Lipinski definition) is 1. The van der Waals surface area contributed by atoms with Crippen LogP contribution in [0, 0.1) is 6.92 Å². The molecule has 3 nitrogen and oxygen atoms in total. The van der Waals surface area contributed by atoms with E-state index in [0.29, 0.717) is 11.4 Å². The molecule has 19 heavy (non-hydrogen) atoms. The number of ether oxygens (including phenoxy) is 1. The minimum atomic E-state index is -4.35. The molecule has 1 heterocycles. The summed E-state index contributed by atoms with van der Waals surface area (Å²) < 4.78 is 42.5. The van der Waals surface area contributed by atoms with Crippen molar-refractivity contribution in [1.29, 1.82) is 0 Å². The molecule has 0 aliphatic rings. The molecule has 0 amide bonds. The first-order valence-electron chi connectivity index (χ1n) is 5.44. The third-order valence-corrected chi connectivity index (χ3v) is 2.51. The Balaban J connectivity index is 2.17. The van der Waals surface area contributed by atoms with Crippen LogP contribution in [-0.4, -0.2) is 4.98 Å². The monoisotopic (exact) mass is 268 g/mol. The van der Waals surface area contributed by atoms with E-state index in [9.17, 15) is 13.2 Å². The van der Waals surface area contributed by atoms with Gasteiger partial charge in [0.15, 0.2) is 0 Å². The minimum absolute atomic E-state index is 0.282. The van der Waals surface area contributed by atoms with Crippen LogP contribution >= 0.6 is 0 Å². The molecule has 0 saturated carbocycles. The molecule has 0 atom stereocenters. The third-order valence-electron chi connectivity index (χ3n) is 2.51. The first-order chi connectivity index (χ1) is 8.86. The van der Waals surface area contributed by atoms with Gasteiger partial charge in [-0.25, -0.2) is 4.98 Å². The fourth-order valence-electron chi connectivity index (χ4n) is 1.44. The number of nitrogens with zero attached hydrogens (tertiary/aromatic N) is 1. The molecule has 1 aromatic heterocycles. The van der Waals surface area contributed by atoms with Gasteiger partial charge in [-0.15, -0.1) is 0 Å². The number of anilines is 1. The molecular weight excluding hydrogens is 257 g/mol. The molecule has 6 heteroatoms. The van der Waals surface area contributed by atoms with Crippen molar-refractivity contribution in [2.45, 2.75) is 13.1 Å².